The number of nitrogens with zero attached hydrogens (tertiary/aromatic N) is 1. The van der Waals surface area contributed by atoms with Crippen LogP contribution in [0.15, 0.2) is 53.2 Å². The van der Waals surface area contributed by atoms with Gasteiger partial charge in [0.05, 0.1) is 6.20 Å². The van der Waals surface area contributed by atoms with Crippen LogP contribution in [0, 0.1) is 0 Å². The smallest absolute Gasteiger partial charge is 0.167 e. The van der Waals surface area contributed by atoms with Gasteiger partial charge in [-0.05, 0) is 41.7 Å². The van der Waals surface area contributed by atoms with Crippen LogP contribution in [-0.2, 0) is 12.8 Å². The van der Waals surface area contributed by atoms with Crippen molar-refractivity contribution in [2.45, 2.75) is 19.8 Å². The standard InChI is InChI=1S/C16H15NO/c1-2-12-3-5-13(6-4-12)9-14-7-8-15-11-17-18-16(15)10-14/h3-8,10-11H,2,9H2,1H3. The first-order chi connectivity index (χ1) is 8.85. The van der Waals surface area contributed by atoms with Crippen molar-refractivity contribution in [3.63, 3.8) is 0 Å². The van der Waals surface area contributed by atoms with E-state index in [9.17, 15) is 0 Å². The second-order valence-electron chi connectivity index (χ2n) is 4.54. The minimum atomic E-state index is 0.859. The van der Waals surface area contributed by atoms with E-state index in [1.54, 1.807) is 6.20 Å². The second kappa shape index (κ2) is 4.65. The molecule has 3 rings (SSSR count). The SMILES string of the molecule is CCc1ccc(Cc2ccc3cnoc3c2)cc1. The molecule has 2 nitrogen and oxygen atoms in total. The first-order valence-corrected chi connectivity index (χ1v) is 6.26. The second-order valence-corrected chi connectivity index (χ2v) is 4.54. The van der Waals surface area contributed by atoms with Gasteiger partial charge in [0, 0.05) is 5.39 Å². The highest BCUT2D eigenvalue weighted by Gasteiger charge is 2.01. The Balaban J connectivity index is 1.85. The summed E-state index contributed by atoms with van der Waals surface area (Å²) in [4.78, 5) is 0. The molecule has 1 heterocycles. The predicted octanol–water partition coefficient (Wildman–Crippen LogP) is 3.98. The average Bonchev–Trinajstić information content (AvgIpc) is 2.87. The van der Waals surface area contributed by atoms with E-state index in [-0.39, 0.29) is 0 Å². The molecular weight excluding hydrogens is 222 g/mol. The fourth-order valence-electron chi connectivity index (χ4n) is 2.14. The van der Waals surface area contributed by atoms with Crippen LogP contribution in [0.5, 0.6) is 0 Å². The molecular formula is C16H15NO. The third-order valence-electron chi connectivity index (χ3n) is 3.26. The molecule has 90 valence electrons. The van der Waals surface area contributed by atoms with Gasteiger partial charge in [0.2, 0.25) is 0 Å². The first-order valence-electron chi connectivity index (χ1n) is 6.26. The van der Waals surface area contributed by atoms with Gasteiger partial charge in [-0.25, -0.2) is 0 Å². The zero-order valence-corrected chi connectivity index (χ0v) is 10.4. The van der Waals surface area contributed by atoms with Crippen molar-refractivity contribution in [3.8, 4) is 0 Å². The molecule has 0 fully saturated rings. The van der Waals surface area contributed by atoms with Crippen LogP contribution in [0.25, 0.3) is 11.0 Å². The van der Waals surface area contributed by atoms with Crippen LogP contribution in [0.4, 0.5) is 0 Å². The molecule has 3 aromatic rings. The molecule has 0 unspecified atom stereocenters. The molecule has 1 aromatic heterocycles. The van der Waals surface area contributed by atoms with Crippen molar-refractivity contribution < 1.29 is 4.52 Å². The quantitative estimate of drug-likeness (QED) is 0.688. The lowest BCUT2D eigenvalue weighted by molar-refractivity contribution is 0.456. The Bertz CT molecular complexity index is 652. The van der Waals surface area contributed by atoms with E-state index < -0.39 is 0 Å². The van der Waals surface area contributed by atoms with Crippen molar-refractivity contribution in [2.24, 2.45) is 0 Å². The molecule has 0 saturated heterocycles. The van der Waals surface area contributed by atoms with Gasteiger partial charge < -0.3 is 4.52 Å². The van der Waals surface area contributed by atoms with Gasteiger partial charge in [0.1, 0.15) is 0 Å². The van der Waals surface area contributed by atoms with Crippen LogP contribution in [0.3, 0.4) is 0 Å². The van der Waals surface area contributed by atoms with Gasteiger partial charge in [0.25, 0.3) is 0 Å². The Labute approximate surface area is 106 Å². The van der Waals surface area contributed by atoms with Gasteiger partial charge in [0.15, 0.2) is 5.58 Å². The van der Waals surface area contributed by atoms with E-state index in [0.29, 0.717) is 0 Å². The molecule has 0 spiro atoms. The third-order valence-corrected chi connectivity index (χ3v) is 3.26. The van der Waals surface area contributed by atoms with Crippen molar-refractivity contribution in [1.82, 2.24) is 5.16 Å². The fourth-order valence-corrected chi connectivity index (χ4v) is 2.14. The van der Waals surface area contributed by atoms with Gasteiger partial charge in [-0.3, -0.25) is 0 Å². The van der Waals surface area contributed by atoms with E-state index in [1.165, 1.54) is 16.7 Å². The Hall–Kier alpha value is -2.09. The number of fused-ring (bicyclic) bond motifs is 1. The Kier molecular flexibility index (Phi) is 2.85. The summed E-state index contributed by atoms with van der Waals surface area (Å²) < 4.78 is 5.18. The summed E-state index contributed by atoms with van der Waals surface area (Å²) in [6.45, 7) is 2.17. The normalized spacial score (nSPS) is 10.9. The lowest BCUT2D eigenvalue weighted by Gasteiger charge is -2.03. The van der Waals surface area contributed by atoms with Crippen LogP contribution >= 0.6 is 0 Å². The minimum Gasteiger partial charge on any atom is -0.356 e. The maximum Gasteiger partial charge on any atom is 0.167 e. The molecule has 0 N–H and O–H groups in total. The van der Waals surface area contributed by atoms with Gasteiger partial charge in [-0.15, -0.1) is 0 Å². The lowest BCUT2D eigenvalue weighted by Crippen LogP contribution is -1.88. The molecule has 0 saturated carbocycles. The number of benzene rings is 2. The topological polar surface area (TPSA) is 26.0 Å². The fraction of sp³-hybridized carbons (Fsp3) is 0.188. The van der Waals surface area contributed by atoms with Crippen LogP contribution in [0.2, 0.25) is 0 Å². The maximum atomic E-state index is 5.18. The van der Waals surface area contributed by atoms with E-state index in [1.807, 2.05) is 0 Å². The first kappa shape index (κ1) is 11.0. The number of rotatable bonds is 3. The van der Waals surface area contributed by atoms with Crippen molar-refractivity contribution in [3.05, 3.63) is 65.4 Å². The summed E-state index contributed by atoms with van der Waals surface area (Å²) >= 11 is 0. The summed E-state index contributed by atoms with van der Waals surface area (Å²) in [6.07, 6.45) is 3.76. The van der Waals surface area contributed by atoms with E-state index >= 15 is 0 Å². The van der Waals surface area contributed by atoms with E-state index in [2.05, 4.69) is 54.5 Å². The Morgan fingerprint density at radius 1 is 0.944 bits per heavy atom. The van der Waals surface area contributed by atoms with Crippen LogP contribution in [-0.4, -0.2) is 5.16 Å². The zero-order valence-electron chi connectivity index (χ0n) is 10.4. The molecule has 18 heavy (non-hydrogen) atoms. The van der Waals surface area contributed by atoms with Crippen LogP contribution in [0.1, 0.15) is 23.6 Å². The molecule has 0 radical (unpaired) electrons. The average molecular weight is 237 g/mol. The molecule has 0 atom stereocenters. The highest BCUT2D eigenvalue weighted by molar-refractivity contribution is 5.76. The molecule has 0 aliphatic carbocycles. The summed E-state index contributed by atoms with van der Waals surface area (Å²) in [5.74, 6) is 0. The minimum absolute atomic E-state index is 0.859. The molecule has 0 amide bonds. The van der Waals surface area contributed by atoms with E-state index in [0.717, 1.165) is 23.8 Å². The lowest BCUT2D eigenvalue weighted by atomic mass is 10.0. The largest absolute Gasteiger partial charge is 0.356 e. The number of hydrogen-bond donors (Lipinski definition) is 0. The summed E-state index contributed by atoms with van der Waals surface area (Å²) in [5.41, 5.74) is 4.82. The molecule has 0 aliphatic rings. The summed E-state index contributed by atoms with van der Waals surface area (Å²) in [6, 6.07) is 15.0. The summed E-state index contributed by atoms with van der Waals surface area (Å²) in [7, 11) is 0. The molecule has 2 aromatic carbocycles. The monoisotopic (exact) mass is 237 g/mol. The van der Waals surface area contributed by atoms with E-state index in [4.69, 9.17) is 4.52 Å². The third kappa shape index (κ3) is 2.14. The van der Waals surface area contributed by atoms with Gasteiger partial charge in [-0.1, -0.05) is 42.4 Å². The van der Waals surface area contributed by atoms with Gasteiger partial charge in [-0.2, -0.15) is 0 Å². The highest BCUT2D eigenvalue weighted by Crippen LogP contribution is 2.18. The molecule has 0 aliphatic heterocycles. The maximum absolute atomic E-state index is 5.18. The van der Waals surface area contributed by atoms with Crippen molar-refractivity contribution in [1.29, 1.82) is 0 Å². The Morgan fingerprint density at radius 3 is 2.44 bits per heavy atom. The summed E-state index contributed by atoms with van der Waals surface area (Å²) in [5, 5.41) is 4.85. The van der Waals surface area contributed by atoms with Crippen LogP contribution < -0.4 is 0 Å². The number of aromatic nitrogens is 1. The van der Waals surface area contributed by atoms with Crippen molar-refractivity contribution in [2.75, 3.05) is 0 Å². The molecule has 2 heteroatoms. The Morgan fingerprint density at radius 2 is 1.67 bits per heavy atom. The number of aryl methyl sites for hydroxylation is 1. The van der Waals surface area contributed by atoms with Gasteiger partial charge >= 0.3 is 0 Å². The number of hydrogen-bond acceptors (Lipinski definition) is 2. The molecule has 0 bridgehead atoms. The van der Waals surface area contributed by atoms with Crippen molar-refractivity contribution >= 4 is 11.0 Å². The zero-order chi connectivity index (χ0) is 12.4. The highest BCUT2D eigenvalue weighted by atomic mass is 16.5. The predicted molar refractivity (Wildman–Crippen MR) is 72.6 cm³/mol.